The smallest absolute Gasteiger partial charge is 0.417 e. The lowest BCUT2D eigenvalue weighted by Gasteiger charge is -2.30. The first-order chi connectivity index (χ1) is 16.0. The largest absolute Gasteiger partial charge is 0.447 e. The summed E-state index contributed by atoms with van der Waals surface area (Å²) in [6.45, 7) is -0.282. The number of carbonyl (C=O) groups is 2. The molecule has 0 bridgehead atoms. The number of nitrogens with zero attached hydrogens (tertiary/aromatic N) is 1. The minimum absolute atomic E-state index is 0.0335. The van der Waals surface area contributed by atoms with E-state index in [0.717, 1.165) is 16.0 Å². The number of rotatable bonds is 9. The van der Waals surface area contributed by atoms with Gasteiger partial charge in [0.2, 0.25) is 5.67 Å². The van der Waals surface area contributed by atoms with Crippen LogP contribution in [-0.4, -0.2) is 41.8 Å². The Kier molecular flexibility index (Phi) is 7.15. The molecule has 6 heteroatoms. The van der Waals surface area contributed by atoms with Crippen LogP contribution in [0.25, 0.3) is 0 Å². The summed E-state index contributed by atoms with van der Waals surface area (Å²) < 4.78 is 27.2. The number of hydrogen-bond donors (Lipinski definition) is 0. The Hall–Kier alpha value is -3.51. The highest BCUT2D eigenvalue weighted by molar-refractivity contribution is 5.98. The van der Waals surface area contributed by atoms with E-state index >= 15 is 4.39 Å². The lowest BCUT2D eigenvalue weighted by atomic mass is 9.94. The quantitative estimate of drug-likeness (QED) is 0.475. The number of benzene rings is 3. The Bertz CT molecular complexity index is 1060. The third-order valence-electron chi connectivity index (χ3n) is 5.65. The first-order valence-corrected chi connectivity index (χ1v) is 10.9. The van der Waals surface area contributed by atoms with Gasteiger partial charge in [0.05, 0.1) is 19.3 Å². The van der Waals surface area contributed by atoms with E-state index in [1.165, 1.54) is 0 Å². The van der Waals surface area contributed by atoms with Crippen molar-refractivity contribution in [3.05, 3.63) is 108 Å². The van der Waals surface area contributed by atoms with E-state index in [9.17, 15) is 9.59 Å². The second-order valence-electron chi connectivity index (χ2n) is 8.20. The molecule has 3 aromatic carbocycles. The third-order valence-corrected chi connectivity index (χ3v) is 5.65. The summed E-state index contributed by atoms with van der Waals surface area (Å²) in [5.41, 5.74) is 0.0267. The van der Waals surface area contributed by atoms with E-state index in [1.807, 2.05) is 66.7 Å². The lowest BCUT2D eigenvalue weighted by Crippen LogP contribution is -2.53. The van der Waals surface area contributed by atoms with Gasteiger partial charge in [0, 0.05) is 6.42 Å². The Morgan fingerprint density at radius 3 is 2.06 bits per heavy atom. The topological polar surface area (TPSA) is 55.8 Å². The number of amides is 2. The average Bonchev–Trinajstić information content (AvgIpc) is 3.20. The number of ether oxygens (including phenoxy) is 2. The van der Waals surface area contributed by atoms with Crippen LogP contribution in [0.2, 0.25) is 0 Å². The number of carbonyl (C=O) groups excluding carboxylic acids is 2. The summed E-state index contributed by atoms with van der Waals surface area (Å²) in [7, 11) is 0. The van der Waals surface area contributed by atoms with Crippen LogP contribution >= 0.6 is 0 Å². The van der Waals surface area contributed by atoms with Crippen molar-refractivity contribution in [2.75, 3.05) is 13.2 Å². The SMILES string of the molecule is O=C1OC[C@H](Cc2ccccc2)N1C(=O)[C@@](F)(COCc1ccccc1)Cc1ccccc1. The monoisotopic (exact) mass is 447 g/mol. The summed E-state index contributed by atoms with van der Waals surface area (Å²) in [4.78, 5) is 26.9. The number of hydrogen-bond acceptors (Lipinski definition) is 4. The first-order valence-electron chi connectivity index (χ1n) is 10.9. The van der Waals surface area contributed by atoms with Gasteiger partial charge in [-0.1, -0.05) is 91.0 Å². The molecular formula is C27H26FNO4. The van der Waals surface area contributed by atoms with Crippen molar-refractivity contribution in [1.82, 2.24) is 4.90 Å². The van der Waals surface area contributed by atoms with Crippen molar-refractivity contribution in [3.8, 4) is 0 Å². The molecule has 0 aromatic heterocycles. The van der Waals surface area contributed by atoms with Crippen LogP contribution < -0.4 is 0 Å². The van der Waals surface area contributed by atoms with Crippen molar-refractivity contribution in [1.29, 1.82) is 0 Å². The third kappa shape index (κ3) is 5.65. The van der Waals surface area contributed by atoms with Crippen molar-refractivity contribution in [2.45, 2.75) is 31.2 Å². The van der Waals surface area contributed by atoms with E-state index in [4.69, 9.17) is 9.47 Å². The minimum Gasteiger partial charge on any atom is -0.447 e. The standard InChI is InChI=1S/C27H26FNO4/c28-27(17-22-12-6-2-7-13-22,20-32-18-23-14-8-3-9-15-23)25(30)29-24(19-33-26(29)31)16-21-10-4-1-5-11-21/h1-15,24H,16-20H2/t24-,27-/m0/s1. The Morgan fingerprint density at radius 2 is 1.45 bits per heavy atom. The molecular weight excluding hydrogens is 421 g/mol. The van der Waals surface area contributed by atoms with Gasteiger partial charge in [0.25, 0.3) is 5.91 Å². The second-order valence-corrected chi connectivity index (χ2v) is 8.20. The molecule has 0 spiro atoms. The summed E-state index contributed by atoms with van der Waals surface area (Å²) >= 11 is 0. The summed E-state index contributed by atoms with van der Waals surface area (Å²) in [5.74, 6) is -0.928. The van der Waals surface area contributed by atoms with Crippen molar-refractivity contribution in [3.63, 3.8) is 0 Å². The zero-order valence-electron chi connectivity index (χ0n) is 18.2. The zero-order chi connectivity index (χ0) is 23.1. The molecule has 1 fully saturated rings. The number of imide groups is 1. The maximum Gasteiger partial charge on any atom is 0.417 e. The summed E-state index contributed by atoms with van der Waals surface area (Å²) in [5, 5.41) is 0. The maximum atomic E-state index is 16.4. The van der Waals surface area contributed by atoms with Crippen molar-refractivity contribution < 1.29 is 23.5 Å². The number of alkyl halides is 1. The van der Waals surface area contributed by atoms with E-state index in [1.54, 1.807) is 24.3 Å². The van der Waals surface area contributed by atoms with Gasteiger partial charge in [-0.15, -0.1) is 0 Å². The molecule has 5 nitrogen and oxygen atoms in total. The Morgan fingerprint density at radius 1 is 0.909 bits per heavy atom. The molecule has 1 heterocycles. The molecule has 3 aromatic rings. The summed E-state index contributed by atoms with van der Waals surface area (Å²) in [6, 6.07) is 27.1. The van der Waals surface area contributed by atoms with Crippen LogP contribution in [0.5, 0.6) is 0 Å². The fourth-order valence-corrected chi connectivity index (χ4v) is 3.97. The van der Waals surface area contributed by atoms with Gasteiger partial charge >= 0.3 is 6.09 Å². The van der Waals surface area contributed by atoms with Crippen LogP contribution in [0.15, 0.2) is 91.0 Å². The molecule has 1 saturated heterocycles. The first kappa shape index (κ1) is 22.7. The molecule has 2 atom stereocenters. The van der Waals surface area contributed by atoms with Gasteiger partial charge in [0.15, 0.2) is 0 Å². The van der Waals surface area contributed by atoms with Gasteiger partial charge in [-0.2, -0.15) is 0 Å². The van der Waals surface area contributed by atoms with Crippen LogP contribution in [0.4, 0.5) is 9.18 Å². The van der Waals surface area contributed by atoms with E-state index in [2.05, 4.69) is 0 Å². The molecule has 2 amide bonds. The molecule has 1 aliphatic heterocycles. The van der Waals surface area contributed by atoms with Gasteiger partial charge in [0.1, 0.15) is 6.61 Å². The second kappa shape index (κ2) is 10.4. The molecule has 33 heavy (non-hydrogen) atoms. The molecule has 0 unspecified atom stereocenters. The van der Waals surface area contributed by atoms with E-state index in [-0.39, 0.29) is 19.6 Å². The predicted octanol–water partition coefficient (Wildman–Crippen LogP) is 4.74. The summed E-state index contributed by atoms with van der Waals surface area (Å²) in [6.07, 6.45) is -0.632. The number of cyclic esters (lactones) is 1. The Balaban J connectivity index is 1.54. The molecule has 0 N–H and O–H groups in total. The normalized spacial score (nSPS) is 17.4. The van der Waals surface area contributed by atoms with Crippen LogP contribution in [0.1, 0.15) is 16.7 Å². The molecule has 170 valence electrons. The maximum absolute atomic E-state index is 16.4. The molecule has 0 radical (unpaired) electrons. The Labute approximate surface area is 192 Å². The van der Waals surface area contributed by atoms with Crippen molar-refractivity contribution in [2.24, 2.45) is 0 Å². The fraction of sp³-hybridized carbons (Fsp3) is 0.259. The minimum atomic E-state index is -2.42. The predicted molar refractivity (Wildman–Crippen MR) is 122 cm³/mol. The fourth-order valence-electron chi connectivity index (χ4n) is 3.97. The van der Waals surface area contributed by atoms with E-state index in [0.29, 0.717) is 12.0 Å². The van der Waals surface area contributed by atoms with Crippen LogP contribution in [-0.2, 0) is 33.7 Å². The molecule has 1 aliphatic rings. The van der Waals surface area contributed by atoms with Crippen LogP contribution in [0, 0.1) is 0 Å². The zero-order valence-corrected chi connectivity index (χ0v) is 18.2. The number of halogens is 1. The van der Waals surface area contributed by atoms with Gasteiger partial charge in [-0.3, -0.25) is 4.79 Å². The highest BCUT2D eigenvalue weighted by Gasteiger charge is 2.49. The van der Waals surface area contributed by atoms with Gasteiger partial charge in [-0.25, -0.2) is 14.1 Å². The highest BCUT2D eigenvalue weighted by Crippen LogP contribution is 2.28. The van der Waals surface area contributed by atoms with Crippen LogP contribution in [0.3, 0.4) is 0 Å². The lowest BCUT2D eigenvalue weighted by molar-refractivity contribution is -0.146. The van der Waals surface area contributed by atoms with E-state index < -0.39 is 30.3 Å². The highest BCUT2D eigenvalue weighted by atomic mass is 19.1. The molecule has 4 rings (SSSR count). The van der Waals surface area contributed by atoms with Gasteiger partial charge < -0.3 is 9.47 Å². The molecule has 0 saturated carbocycles. The average molecular weight is 448 g/mol. The molecule has 0 aliphatic carbocycles. The van der Waals surface area contributed by atoms with Gasteiger partial charge in [-0.05, 0) is 23.1 Å². The van der Waals surface area contributed by atoms with Crippen molar-refractivity contribution >= 4 is 12.0 Å².